The van der Waals surface area contributed by atoms with Gasteiger partial charge in [0.05, 0.1) is 4.47 Å². The Labute approximate surface area is 113 Å². The lowest BCUT2D eigenvalue weighted by Crippen LogP contribution is -1.88. The fourth-order valence-electron chi connectivity index (χ4n) is 1.37. The Bertz CT molecular complexity index is 513. The van der Waals surface area contributed by atoms with Crippen LogP contribution in [0.1, 0.15) is 0 Å². The Kier molecular flexibility index (Phi) is 3.97. The van der Waals surface area contributed by atoms with Crippen LogP contribution < -0.4 is 10.5 Å². The van der Waals surface area contributed by atoms with E-state index in [4.69, 9.17) is 10.5 Å². The van der Waals surface area contributed by atoms with Crippen LogP contribution in [0, 0.1) is 0 Å². The van der Waals surface area contributed by atoms with E-state index in [9.17, 15) is 0 Å². The van der Waals surface area contributed by atoms with E-state index in [0.29, 0.717) is 5.69 Å². The SMILES string of the molecule is CSc1ccc(Oc2ccc(N)cc2Br)cc1. The first-order valence-corrected chi connectivity index (χ1v) is 7.08. The third kappa shape index (κ3) is 3.17. The Morgan fingerprint density at radius 1 is 1.12 bits per heavy atom. The third-order valence-electron chi connectivity index (χ3n) is 2.24. The largest absolute Gasteiger partial charge is 0.456 e. The van der Waals surface area contributed by atoms with Crippen molar-refractivity contribution in [2.75, 3.05) is 12.0 Å². The summed E-state index contributed by atoms with van der Waals surface area (Å²) in [5.41, 5.74) is 6.38. The van der Waals surface area contributed by atoms with E-state index in [0.717, 1.165) is 16.0 Å². The minimum atomic E-state index is 0.710. The van der Waals surface area contributed by atoms with Gasteiger partial charge in [-0.25, -0.2) is 0 Å². The summed E-state index contributed by atoms with van der Waals surface area (Å²) in [7, 11) is 0. The van der Waals surface area contributed by atoms with Gasteiger partial charge in [-0.1, -0.05) is 0 Å². The second kappa shape index (κ2) is 5.47. The maximum Gasteiger partial charge on any atom is 0.141 e. The van der Waals surface area contributed by atoms with Crippen molar-refractivity contribution in [2.24, 2.45) is 0 Å². The molecule has 0 bridgehead atoms. The zero-order valence-corrected chi connectivity index (χ0v) is 11.7. The van der Waals surface area contributed by atoms with E-state index in [1.807, 2.05) is 48.7 Å². The van der Waals surface area contributed by atoms with Crippen LogP contribution in [0.2, 0.25) is 0 Å². The monoisotopic (exact) mass is 309 g/mol. The molecule has 0 aliphatic heterocycles. The van der Waals surface area contributed by atoms with Crippen LogP contribution in [0.15, 0.2) is 51.8 Å². The van der Waals surface area contributed by atoms with Gasteiger partial charge in [-0.2, -0.15) is 0 Å². The summed E-state index contributed by atoms with van der Waals surface area (Å²) in [6.07, 6.45) is 2.05. The maximum atomic E-state index is 5.75. The van der Waals surface area contributed by atoms with Crippen LogP contribution in [0.3, 0.4) is 0 Å². The number of nitrogens with two attached hydrogens (primary N) is 1. The molecule has 2 aromatic carbocycles. The Hall–Kier alpha value is -1.13. The summed E-state index contributed by atoms with van der Waals surface area (Å²) in [5, 5.41) is 0. The molecule has 0 spiro atoms. The average molecular weight is 310 g/mol. The zero-order valence-electron chi connectivity index (χ0n) is 9.31. The molecule has 2 N–H and O–H groups in total. The van der Waals surface area contributed by atoms with Crippen molar-refractivity contribution in [3.63, 3.8) is 0 Å². The van der Waals surface area contributed by atoms with Gasteiger partial charge in [-0.15, -0.1) is 11.8 Å². The number of ether oxygens (including phenoxy) is 1. The van der Waals surface area contributed by atoms with Crippen molar-refractivity contribution in [3.05, 3.63) is 46.9 Å². The predicted octanol–water partition coefficient (Wildman–Crippen LogP) is 4.55. The van der Waals surface area contributed by atoms with Gasteiger partial charge in [-0.3, -0.25) is 0 Å². The molecule has 2 aromatic rings. The zero-order chi connectivity index (χ0) is 12.3. The van der Waals surface area contributed by atoms with E-state index in [-0.39, 0.29) is 0 Å². The number of thioether (sulfide) groups is 1. The summed E-state index contributed by atoms with van der Waals surface area (Å²) in [5.74, 6) is 1.57. The first-order chi connectivity index (χ1) is 8.19. The van der Waals surface area contributed by atoms with E-state index < -0.39 is 0 Å². The lowest BCUT2D eigenvalue weighted by molar-refractivity contribution is 0.479. The van der Waals surface area contributed by atoms with Gasteiger partial charge in [0.15, 0.2) is 0 Å². The van der Waals surface area contributed by atoms with Crippen LogP contribution in [0.25, 0.3) is 0 Å². The van der Waals surface area contributed by atoms with Crippen molar-refractivity contribution in [1.82, 2.24) is 0 Å². The van der Waals surface area contributed by atoms with Crippen LogP contribution >= 0.6 is 27.7 Å². The van der Waals surface area contributed by atoms with Crippen LogP contribution in [-0.4, -0.2) is 6.26 Å². The van der Waals surface area contributed by atoms with E-state index in [2.05, 4.69) is 15.9 Å². The molecule has 0 heterocycles. The van der Waals surface area contributed by atoms with E-state index >= 15 is 0 Å². The molecule has 0 saturated heterocycles. The Morgan fingerprint density at radius 3 is 2.41 bits per heavy atom. The third-order valence-corrected chi connectivity index (χ3v) is 3.61. The lowest BCUT2D eigenvalue weighted by Gasteiger charge is -2.08. The highest BCUT2D eigenvalue weighted by molar-refractivity contribution is 9.10. The van der Waals surface area contributed by atoms with Gasteiger partial charge >= 0.3 is 0 Å². The predicted molar refractivity (Wildman–Crippen MR) is 76.9 cm³/mol. The average Bonchev–Trinajstić information content (AvgIpc) is 2.34. The molecule has 0 fully saturated rings. The molecule has 0 aliphatic rings. The molecular formula is C13H12BrNOS. The number of anilines is 1. The topological polar surface area (TPSA) is 35.2 Å². The maximum absolute atomic E-state index is 5.75. The number of halogens is 1. The molecule has 88 valence electrons. The molecule has 0 unspecified atom stereocenters. The minimum absolute atomic E-state index is 0.710. The summed E-state index contributed by atoms with van der Waals surface area (Å²) in [6.45, 7) is 0. The quantitative estimate of drug-likeness (QED) is 0.667. The van der Waals surface area contributed by atoms with E-state index in [1.54, 1.807) is 11.8 Å². The lowest BCUT2D eigenvalue weighted by atomic mass is 10.3. The number of benzene rings is 2. The van der Waals surface area contributed by atoms with E-state index in [1.165, 1.54) is 4.90 Å². The molecule has 2 nitrogen and oxygen atoms in total. The normalized spacial score (nSPS) is 10.2. The van der Waals surface area contributed by atoms with Crippen LogP contribution in [-0.2, 0) is 0 Å². The first-order valence-electron chi connectivity index (χ1n) is 5.06. The fourth-order valence-corrected chi connectivity index (χ4v) is 2.26. The van der Waals surface area contributed by atoms with Gasteiger partial charge in [0.1, 0.15) is 11.5 Å². The molecule has 0 aromatic heterocycles. The summed E-state index contributed by atoms with van der Waals surface area (Å²) >= 11 is 5.13. The number of rotatable bonds is 3. The summed E-state index contributed by atoms with van der Waals surface area (Å²) < 4.78 is 6.61. The molecule has 0 radical (unpaired) electrons. The summed E-state index contributed by atoms with van der Waals surface area (Å²) in [4.78, 5) is 1.22. The van der Waals surface area contributed by atoms with Gasteiger partial charge in [0.2, 0.25) is 0 Å². The molecule has 2 rings (SSSR count). The Balaban J connectivity index is 2.19. The standard InChI is InChI=1S/C13H12BrNOS/c1-17-11-5-3-10(4-6-11)16-13-7-2-9(15)8-12(13)14/h2-8H,15H2,1H3. The van der Waals surface area contributed by atoms with Crippen molar-refractivity contribution >= 4 is 33.4 Å². The molecule has 0 amide bonds. The number of nitrogen functional groups attached to an aromatic ring is 1. The minimum Gasteiger partial charge on any atom is -0.456 e. The van der Waals surface area contributed by atoms with Crippen molar-refractivity contribution < 1.29 is 4.74 Å². The Morgan fingerprint density at radius 2 is 1.82 bits per heavy atom. The number of hydrogen-bond donors (Lipinski definition) is 1. The van der Waals surface area contributed by atoms with Gasteiger partial charge in [-0.05, 0) is 64.7 Å². The van der Waals surface area contributed by atoms with Crippen molar-refractivity contribution in [3.8, 4) is 11.5 Å². The van der Waals surface area contributed by atoms with Crippen LogP contribution in [0.4, 0.5) is 5.69 Å². The molecule has 4 heteroatoms. The van der Waals surface area contributed by atoms with Crippen LogP contribution in [0.5, 0.6) is 11.5 Å². The highest BCUT2D eigenvalue weighted by Gasteiger charge is 2.03. The highest BCUT2D eigenvalue weighted by atomic mass is 79.9. The molecule has 0 atom stereocenters. The highest BCUT2D eigenvalue weighted by Crippen LogP contribution is 2.31. The second-order valence-corrected chi connectivity index (χ2v) is 5.20. The molecule has 17 heavy (non-hydrogen) atoms. The number of hydrogen-bond acceptors (Lipinski definition) is 3. The van der Waals surface area contributed by atoms with Gasteiger partial charge in [0, 0.05) is 10.6 Å². The molecular weight excluding hydrogens is 298 g/mol. The fraction of sp³-hybridized carbons (Fsp3) is 0.0769. The first kappa shape index (κ1) is 12.3. The molecule has 0 saturated carbocycles. The molecule has 0 aliphatic carbocycles. The van der Waals surface area contributed by atoms with Crippen molar-refractivity contribution in [2.45, 2.75) is 4.90 Å². The van der Waals surface area contributed by atoms with Gasteiger partial charge in [0.25, 0.3) is 0 Å². The second-order valence-electron chi connectivity index (χ2n) is 3.47. The summed E-state index contributed by atoms with van der Waals surface area (Å²) in [6, 6.07) is 13.5. The van der Waals surface area contributed by atoms with Gasteiger partial charge < -0.3 is 10.5 Å². The van der Waals surface area contributed by atoms with Crippen molar-refractivity contribution in [1.29, 1.82) is 0 Å². The smallest absolute Gasteiger partial charge is 0.141 e.